The molecule has 0 bridgehead atoms. The Morgan fingerprint density at radius 1 is 1.31 bits per heavy atom. The number of ether oxygens (including phenoxy) is 1. The second kappa shape index (κ2) is 6.32. The highest BCUT2D eigenvalue weighted by Crippen LogP contribution is 2.12. The van der Waals surface area contributed by atoms with Gasteiger partial charge in [0.2, 0.25) is 0 Å². The van der Waals surface area contributed by atoms with Crippen LogP contribution < -0.4 is 16.8 Å². The zero-order valence-corrected chi connectivity index (χ0v) is 8.17. The maximum absolute atomic E-state index is 5.55. The van der Waals surface area contributed by atoms with E-state index in [0.717, 1.165) is 32.5 Å². The van der Waals surface area contributed by atoms with Gasteiger partial charge in [-0.2, -0.15) is 0 Å². The summed E-state index contributed by atoms with van der Waals surface area (Å²) in [6, 6.07) is 0.509. The van der Waals surface area contributed by atoms with Crippen LogP contribution >= 0.6 is 0 Å². The van der Waals surface area contributed by atoms with E-state index in [1.807, 2.05) is 0 Å². The van der Waals surface area contributed by atoms with E-state index in [4.69, 9.17) is 16.2 Å². The van der Waals surface area contributed by atoms with E-state index in [9.17, 15) is 0 Å². The van der Waals surface area contributed by atoms with Gasteiger partial charge in [0.1, 0.15) is 0 Å². The third kappa shape index (κ3) is 4.04. The Labute approximate surface area is 80.0 Å². The standard InChI is InChI=1S/C9H21N3O/c10-4-1-5-12-8-2-3-9(6-11)13-7-8/h8-9,12H,1-7,10-11H2/t8-,9+/m1/s1. The third-order valence-electron chi connectivity index (χ3n) is 2.45. The average Bonchev–Trinajstić information content (AvgIpc) is 2.19. The van der Waals surface area contributed by atoms with Crippen molar-refractivity contribution >= 4 is 0 Å². The largest absolute Gasteiger partial charge is 0.375 e. The van der Waals surface area contributed by atoms with Gasteiger partial charge in [-0.05, 0) is 32.4 Å². The van der Waals surface area contributed by atoms with Crippen LogP contribution in [0.2, 0.25) is 0 Å². The highest BCUT2D eigenvalue weighted by molar-refractivity contribution is 4.75. The summed E-state index contributed by atoms with van der Waals surface area (Å²) in [6.45, 7) is 3.20. The highest BCUT2D eigenvalue weighted by Gasteiger charge is 2.19. The predicted octanol–water partition coefficient (Wildman–Crippen LogP) is -0.569. The molecule has 0 aromatic heterocycles. The fraction of sp³-hybridized carbons (Fsp3) is 1.00. The molecule has 1 rings (SSSR count). The van der Waals surface area contributed by atoms with Crippen molar-refractivity contribution in [2.75, 3.05) is 26.2 Å². The maximum atomic E-state index is 5.55. The Balaban J connectivity index is 2.03. The Hall–Kier alpha value is -0.160. The summed E-state index contributed by atoms with van der Waals surface area (Å²) < 4.78 is 5.55. The SMILES string of the molecule is NCCCN[C@@H]1CC[C@@H](CN)OC1. The van der Waals surface area contributed by atoms with Gasteiger partial charge in [-0.15, -0.1) is 0 Å². The molecule has 0 amide bonds. The topological polar surface area (TPSA) is 73.3 Å². The van der Waals surface area contributed by atoms with E-state index >= 15 is 0 Å². The quantitative estimate of drug-likeness (QED) is 0.504. The smallest absolute Gasteiger partial charge is 0.0698 e. The zero-order valence-electron chi connectivity index (χ0n) is 8.17. The zero-order chi connectivity index (χ0) is 9.52. The summed E-state index contributed by atoms with van der Waals surface area (Å²) in [7, 11) is 0. The molecule has 78 valence electrons. The minimum Gasteiger partial charge on any atom is -0.375 e. The molecule has 0 radical (unpaired) electrons. The van der Waals surface area contributed by atoms with Crippen LogP contribution in [0.15, 0.2) is 0 Å². The monoisotopic (exact) mass is 187 g/mol. The first-order chi connectivity index (χ1) is 6.36. The van der Waals surface area contributed by atoms with Gasteiger partial charge in [-0.25, -0.2) is 0 Å². The van der Waals surface area contributed by atoms with Crippen LogP contribution in [0.25, 0.3) is 0 Å². The number of nitrogens with two attached hydrogens (primary N) is 2. The lowest BCUT2D eigenvalue weighted by atomic mass is 10.1. The van der Waals surface area contributed by atoms with Gasteiger partial charge in [0, 0.05) is 12.6 Å². The molecule has 4 nitrogen and oxygen atoms in total. The van der Waals surface area contributed by atoms with Gasteiger partial charge in [0.05, 0.1) is 12.7 Å². The maximum Gasteiger partial charge on any atom is 0.0698 e. The minimum atomic E-state index is 0.285. The molecule has 0 spiro atoms. The van der Waals surface area contributed by atoms with Crippen LogP contribution in [0.5, 0.6) is 0 Å². The number of rotatable bonds is 5. The summed E-state index contributed by atoms with van der Waals surface area (Å²) >= 11 is 0. The number of hydrogen-bond acceptors (Lipinski definition) is 4. The van der Waals surface area contributed by atoms with E-state index in [-0.39, 0.29) is 6.10 Å². The summed E-state index contributed by atoms with van der Waals surface area (Å²) in [4.78, 5) is 0. The number of nitrogens with one attached hydrogen (secondary N) is 1. The second-order valence-corrected chi connectivity index (χ2v) is 3.56. The molecule has 0 saturated carbocycles. The van der Waals surface area contributed by atoms with Crippen LogP contribution in [-0.2, 0) is 4.74 Å². The molecular formula is C9H21N3O. The summed E-state index contributed by atoms with van der Waals surface area (Å²) in [5.41, 5.74) is 10.9. The van der Waals surface area contributed by atoms with Crippen molar-refractivity contribution in [2.24, 2.45) is 11.5 Å². The van der Waals surface area contributed by atoms with Crippen LogP contribution in [0.3, 0.4) is 0 Å². The lowest BCUT2D eigenvalue weighted by Gasteiger charge is -2.28. The molecular weight excluding hydrogens is 166 g/mol. The first-order valence-corrected chi connectivity index (χ1v) is 5.12. The van der Waals surface area contributed by atoms with Gasteiger partial charge in [0.25, 0.3) is 0 Å². The Kier molecular flexibility index (Phi) is 5.31. The molecule has 1 aliphatic rings. The Morgan fingerprint density at radius 2 is 2.15 bits per heavy atom. The molecule has 0 unspecified atom stereocenters. The van der Waals surface area contributed by atoms with Crippen molar-refractivity contribution in [1.29, 1.82) is 0 Å². The van der Waals surface area contributed by atoms with Crippen molar-refractivity contribution in [3.05, 3.63) is 0 Å². The fourth-order valence-corrected chi connectivity index (χ4v) is 1.56. The van der Waals surface area contributed by atoms with Crippen LogP contribution in [0.4, 0.5) is 0 Å². The van der Waals surface area contributed by atoms with Crippen molar-refractivity contribution in [3.63, 3.8) is 0 Å². The van der Waals surface area contributed by atoms with Crippen LogP contribution in [0.1, 0.15) is 19.3 Å². The van der Waals surface area contributed by atoms with E-state index in [0.29, 0.717) is 12.6 Å². The Bertz CT molecular complexity index is 121. The first-order valence-electron chi connectivity index (χ1n) is 5.12. The second-order valence-electron chi connectivity index (χ2n) is 3.56. The molecule has 2 atom stereocenters. The lowest BCUT2D eigenvalue weighted by Crippen LogP contribution is -2.42. The van der Waals surface area contributed by atoms with E-state index in [1.54, 1.807) is 0 Å². The highest BCUT2D eigenvalue weighted by atomic mass is 16.5. The normalized spacial score (nSPS) is 29.1. The van der Waals surface area contributed by atoms with E-state index < -0.39 is 0 Å². The van der Waals surface area contributed by atoms with Crippen molar-refractivity contribution in [3.8, 4) is 0 Å². The summed E-state index contributed by atoms with van der Waals surface area (Å²) in [6.07, 6.45) is 3.58. The molecule has 13 heavy (non-hydrogen) atoms. The van der Waals surface area contributed by atoms with Gasteiger partial charge >= 0.3 is 0 Å². The molecule has 1 heterocycles. The van der Waals surface area contributed by atoms with Crippen molar-refractivity contribution in [1.82, 2.24) is 5.32 Å². The first kappa shape index (κ1) is 10.9. The van der Waals surface area contributed by atoms with E-state index in [2.05, 4.69) is 5.32 Å². The van der Waals surface area contributed by atoms with Gasteiger partial charge in [-0.3, -0.25) is 0 Å². The van der Waals surface area contributed by atoms with E-state index in [1.165, 1.54) is 6.42 Å². The minimum absolute atomic E-state index is 0.285. The molecule has 0 aromatic rings. The average molecular weight is 187 g/mol. The summed E-state index contributed by atoms with van der Waals surface area (Å²) in [5, 5.41) is 3.42. The molecule has 1 aliphatic heterocycles. The van der Waals surface area contributed by atoms with Crippen LogP contribution in [0, 0.1) is 0 Å². The molecule has 4 heteroatoms. The lowest BCUT2D eigenvalue weighted by molar-refractivity contribution is 0.00314. The molecule has 0 aromatic carbocycles. The van der Waals surface area contributed by atoms with Crippen LogP contribution in [-0.4, -0.2) is 38.4 Å². The number of hydrogen-bond donors (Lipinski definition) is 3. The molecule has 0 aliphatic carbocycles. The predicted molar refractivity (Wildman–Crippen MR) is 53.5 cm³/mol. The molecule has 5 N–H and O–H groups in total. The fourth-order valence-electron chi connectivity index (χ4n) is 1.56. The van der Waals surface area contributed by atoms with Gasteiger partial charge in [0.15, 0.2) is 0 Å². The molecule has 1 saturated heterocycles. The van der Waals surface area contributed by atoms with Gasteiger partial charge < -0.3 is 21.5 Å². The van der Waals surface area contributed by atoms with Crippen molar-refractivity contribution < 1.29 is 4.74 Å². The Morgan fingerprint density at radius 3 is 2.69 bits per heavy atom. The third-order valence-corrected chi connectivity index (χ3v) is 2.45. The summed E-state index contributed by atoms with van der Waals surface area (Å²) in [5.74, 6) is 0. The van der Waals surface area contributed by atoms with Gasteiger partial charge in [-0.1, -0.05) is 0 Å². The van der Waals surface area contributed by atoms with Crippen molar-refractivity contribution in [2.45, 2.75) is 31.4 Å². The molecule has 1 fully saturated rings.